The summed E-state index contributed by atoms with van der Waals surface area (Å²) in [6.07, 6.45) is 4.07. The van der Waals surface area contributed by atoms with E-state index in [0.717, 1.165) is 28.1 Å². The Bertz CT molecular complexity index is 1450. The van der Waals surface area contributed by atoms with Crippen LogP contribution in [-0.2, 0) is 35.3 Å². The van der Waals surface area contributed by atoms with Crippen molar-refractivity contribution in [1.82, 2.24) is 14.3 Å². The molecule has 8 heteroatoms. The minimum absolute atomic E-state index is 0.0776. The second-order valence-electron chi connectivity index (χ2n) is 9.03. The van der Waals surface area contributed by atoms with Crippen LogP contribution in [0.15, 0.2) is 91.4 Å². The molecule has 1 N–H and O–H groups in total. The van der Waals surface area contributed by atoms with Gasteiger partial charge >= 0.3 is 0 Å². The van der Waals surface area contributed by atoms with Gasteiger partial charge in [0.05, 0.1) is 36.0 Å². The van der Waals surface area contributed by atoms with Crippen molar-refractivity contribution in [2.45, 2.75) is 31.3 Å². The zero-order valence-electron chi connectivity index (χ0n) is 19.8. The summed E-state index contributed by atoms with van der Waals surface area (Å²) in [4.78, 5) is 9.58. The van der Waals surface area contributed by atoms with E-state index in [1.807, 2.05) is 79.0 Å². The van der Waals surface area contributed by atoms with E-state index in [2.05, 4.69) is 20.9 Å². The third-order valence-electron chi connectivity index (χ3n) is 6.48. The van der Waals surface area contributed by atoms with E-state index in [0.29, 0.717) is 25.1 Å². The number of fused-ring (bicyclic) bond motifs is 1. The molecule has 0 radical (unpaired) electrons. The van der Waals surface area contributed by atoms with Crippen LogP contribution in [-0.4, -0.2) is 35.3 Å². The van der Waals surface area contributed by atoms with Crippen LogP contribution in [0, 0.1) is 11.3 Å². The van der Waals surface area contributed by atoms with E-state index in [9.17, 15) is 13.7 Å². The normalized spacial score (nSPS) is 16.2. The highest BCUT2D eigenvalue weighted by Gasteiger charge is 2.35. The fourth-order valence-electron chi connectivity index (χ4n) is 4.80. The lowest BCUT2D eigenvalue weighted by atomic mass is 10.1. The van der Waals surface area contributed by atoms with Gasteiger partial charge in [-0.3, -0.25) is 0 Å². The highest BCUT2D eigenvalue weighted by molar-refractivity contribution is 7.88. The van der Waals surface area contributed by atoms with Crippen LogP contribution in [0.5, 0.6) is 0 Å². The summed E-state index contributed by atoms with van der Waals surface area (Å²) in [6.45, 7) is 1.23. The largest absolute Gasteiger partial charge is 0.364 e. The summed E-state index contributed by atoms with van der Waals surface area (Å²) >= 11 is 0. The van der Waals surface area contributed by atoms with Gasteiger partial charge in [-0.25, -0.2) is 13.4 Å². The number of nitrogens with zero attached hydrogens (tertiary/aromatic N) is 4. The van der Waals surface area contributed by atoms with Crippen molar-refractivity contribution < 1.29 is 8.42 Å². The van der Waals surface area contributed by atoms with Crippen molar-refractivity contribution in [2.24, 2.45) is 0 Å². The lowest BCUT2D eigenvalue weighted by molar-refractivity contribution is 0.317. The molecule has 0 unspecified atom stereocenters. The maximum absolute atomic E-state index is 13.9. The molecule has 0 amide bonds. The minimum Gasteiger partial charge on any atom is -0.364 e. The highest BCUT2D eigenvalue weighted by Crippen LogP contribution is 2.32. The lowest BCUT2D eigenvalue weighted by Crippen LogP contribution is -2.46. The molecule has 0 bridgehead atoms. The molecule has 0 saturated carbocycles. The summed E-state index contributed by atoms with van der Waals surface area (Å²) in [7, 11) is -3.67. The number of hydrogen-bond donors (Lipinski definition) is 1. The number of sulfonamides is 1. The molecular formula is C28H27N5O2S. The first-order valence-corrected chi connectivity index (χ1v) is 13.5. The molecule has 1 aliphatic heterocycles. The minimum atomic E-state index is -3.67. The third kappa shape index (κ3) is 5.33. The molecule has 0 spiro atoms. The van der Waals surface area contributed by atoms with Crippen molar-refractivity contribution in [3.05, 3.63) is 119 Å². The number of nitrogens with one attached hydrogen (secondary N) is 1. The van der Waals surface area contributed by atoms with Gasteiger partial charge in [0.15, 0.2) is 0 Å². The number of rotatable bonds is 7. The van der Waals surface area contributed by atoms with E-state index in [-0.39, 0.29) is 18.3 Å². The third-order valence-corrected chi connectivity index (χ3v) is 8.32. The van der Waals surface area contributed by atoms with Gasteiger partial charge in [-0.2, -0.15) is 9.57 Å². The lowest BCUT2D eigenvalue weighted by Gasteiger charge is -2.32. The Morgan fingerprint density at radius 2 is 1.72 bits per heavy atom. The van der Waals surface area contributed by atoms with E-state index >= 15 is 0 Å². The predicted octanol–water partition coefficient (Wildman–Crippen LogP) is 4.24. The Labute approximate surface area is 211 Å². The Morgan fingerprint density at radius 1 is 1.00 bits per heavy atom. The molecular weight excluding hydrogens is 470 g/mol. The molecule has 4 aromatic rings. The SMILES string of the molecule is N#Cc1ccc2c(c1)CN(S(=O)(=O)Cc1ccccc1)[C@H](Cc1ccccc1)CN2Cc1c[nH]cn1. The van der Waals surface area contributed by atoms with Crippen LogP contribution in [0.3, 0.4) is 0 Å². The standard InChI is InChI=1S/C28H27N5O2S/c29-15-24-11-12-28-25(13-24)17-33(36(34,35)20-23-9-5-2-6-10-23)27(14-22-7-3-1-4-8-22)19-32(28)18-26-16-30-21-31-26/h1-13,16,21,27H,14,17-20H2,(H,30,31)/t27-/m1/s1. The maximum atomic E-state index is 13.9. The van der Waals surface area contributed by atoms with Crippen LogP contribution in [0.4, 0.5) is 5.69 Å². The summed E-state index contributed by atoms with van der Waals surface area (Å²) in [5.74, 6) is -0.0776. The van der Waals surface area contributed by atoms with Crippen molar-refractivity contribution in [3.63, 3.8) is 0 Å². The molecule has 1 aromatic heterocycles. The molecule has 1 aliphatic rings. The van der Waals surface area contributed by atoms with Crippen molar-refractivity contribution in [3.8, 4) is 6.07 Å². The number of H-pyrrole nitrogens is 1. The van der Waals surface area contributed by atoms with Crippen molar-refractivity contribution in [1.29, 1.82) is 5.26 Å². The molecule has 0 fully saturated rings. The van der Waals surface area contributed by atoms with Gasteiger partial charge < -0.3 is 9.88 Å². The number of benzene rings is 3. The van der Waals surface area contributed by atoms with Gasteiger partial charge in [0.2, 0.25) is 10.0 Å². The van der Waals surface area contributed by atoms with Gasteiger partial charge in [-0.05, 0) is 41.3 Å². The molecule has 182 valence electrons. The molecule has 7 nitrogen and oxygen atoms in total. The number of nitriles is 1. The molecule has 0 aliphatic carbocycles. The zero-order valence-corrected chi connectivity index (χ0v) is 20.6. The first-order chi connectivity index (χ1) is 17.5. The number of imidazole rings is 1. The topological polar surface area (TPSA) is 93.1 Å². The molecule has 0 saturated heterocycles. The van der Waals surface area contributed by atoms with Gasteiger partial charge in [0, 0.05) is 31.0 Å². The summed E-state index contributed by atoms with van der Waals surface area (Å²) < 4.78 is 29.5. The number of anilines is 1. The van der Waals surface area contributed by atoms with E-state index in [1.54, 1.807) is 16.7 Å². The van der Waals surface area contributed by atoms with Crippen LogP contribution in [0.1, 0.15) is 27.9 Å². The fraction of sp³-hybridized carbons (Fsp3) is 0.214. The fourth-order valence-corrected chi connectivity index (χ4v) is 6.51. The average molecular weight is 498 g/mol. The van der Waals surface area contributed by atoms with E-state index in [4.69, 9.17) is 0 Å². The van der Waals surface area contributed by atoms with Gasteiger partial charge in [0.1, 0.15) is 0 Å². The van der Waals surface area contributed by atoms with Crippen LogP contribution < -0.4 is 4.90 Å². The Hall–Kier alpha value is -3.93. The molecule has 1 atom stereocenters. The van der Waals surface area contributed by atoms with Crippen LogP contribution in [0.25, 0.3) is 0 Å². The first kappa shape index (κ1) is 23.8. The van der Waals surface area contributed by atoms with Crippen LogP contribution >= 0.6 is 0 Å². The maximum Gasteiger partial charge on any atom is 0.218 e. The Balaban J connectivity index is 1.58. The average Bonchev–Trinajstić information content (AvgIpc) is 3.35. The Kier molecular flexibility index (Phi) is 6.85. The number of aromatic amines is 1. The summed E-state index contributed by atoms with van der Waals surface area (Å²) in [6, 6.07) is 26.7. The predicted molar refractivity (Wildman–Crippen MR) is 139 cm³/mol. The quantitative estimate of drug-likeness (QED) is 0.412. The second kappa shape index (κ2) is 10.4. The number of hydrogen-bond acceptors (Lipinski definition) is 5. The Morgan fingerprint density at radius 3 is 2.39 bits per heavy atom. The number of aromatic nitrogens is 2. The molecule has 3 aromatic carbocycles. The van der Waals surface area contributed by atoms with Gasteiger partial charge in [-0.15, -0.1) is 0 Å². The van der Waals surface area contributed by atoms with Crippen molar-refractivity contribution >= 4 is 15.7 Å². The van der Waals surface area contributed by atoms with Crippen molar-refractivity contribution in [2.75, 3.05) is 11.4 Å². The zero-order chi connectivity index (χ0) is 25.0. The summed E-state index contributed by atoms with van der Waals surface area (Å²) in [5.41, 5.74) is 4.94. The first-order valence-electron chi connectivity index (χ1n) is 11.8. The van der Waals surface area contributed by atoms with Gasteiger partial charge in [-0.1, -0.05) is 60.7 Å². The second-order valence-corrected chi connectivity index (χ2v) is 10.9. The van der Waals surface area contributed by atoms with E-state index < -0.39 is 10.0 Å². The summed E-state index contributed by atoms with van der Waals surface area (Å²) in [5, 5.41) is 9.54. The monoisotopic (exact) mass is 497 g/mol. The highest BCUT2D eigenvalue weighted by atomic mass is 32.2. The smallest absolute Gasteiger partial charge is 0.218 e. The van der Waals surface area contributed by atoms with Gasteiger partial charge in [0.25, 0.3) is 0 Å². The van der Waals surface area contributed by atoms with E-state index in [1.165, 1.54) is 0 Å². The van der Waals surface area contributed by atoms with Crippen LogP contribution in [0.2, 0.25) is 0 Å². The molecule has 2 heterocycles. The molecule has 36 heavy (non-hydrogen) atoms. The molecule has 5 rings (SSSR count).